The summed E-state index contributed by atoms with van der Waals surface area (Å²) >= 11 is 4.88. The summed E-state index contributed by atoms with van der Waals surface area (Å²) in [5, 5.41) is 16.9. The van der Waals surface area contributed by atoms with Gasteiger partial charge in [-0.1, -0.05) is 15.9 Å². The largest absolute Gasteiger partial charge is 0.379 e. The fourth-order valence-electron chi connectivity index (χ4n) is 1.49. The number of rotatable bonds is 5. The van der Waals surface area contributed by atoms with Crippen molar-refractivity contribution in [1.82, 2.24) is 4.98 Å². The van der Waals surface area contributed by atoms with Gasteiger partial charge in [0.15, 0.2) is 0 Å². The van der Waals surface area contributed by atoms with Crippen LogP contribution >= 0.6 is 27.3 Å². The Bertz CT molecular complexity index is 545. The zero-order valence-corrected chi connectivity index (χ0v) is 11.7. The molecule has 1 N–H and O–H groups in total. The molecule has 0 fully saturated rings. The fourth-order valence-corrected chi connectivity index (χ4v) is 2.47. The molecular formula is C11H10BrN3O2S. The Labute approximate surface area is 116 Å². The number of nitro groups is 1. The number of anilines is 1. The van der Waals surface area contributed by atoms with Gasteiger partial charge >= 0.3 is 0 Å². The maximum Gasteiger partial charge on any atom is 0.292 e. The summed E-state index contributed by atoms with van der Waals surface area (Å²) in [6.07, 6.45) is 2.50. The number of halogens is 1. The smallest absolute Gasteiger partial charge is 0.292 e. The minimum absolute atomic E-state index is 0.0809. The second kappa shape index (κ2) is 5.92. The highest BCUT2D eigenvalue weighted by molar-refractivity contribution is 9.10. The van der Waals surface area contributed by atoms with Crippen molar-refractivity contribution in [3.05, 3.63) is 49.4 Å². The highest BCUT2D eigenvalue weighted by atomic mass is 79.9. The molecule has 0 aliphatic rings. The van der Waals surface area contributed by atoms with Crippen molar-refractivity contribution in [1.29, 1.82) is 0 Å². The van der Waals surface area contributed by atoms with Gasteiger partial charge in [0.05, 0.1) is 9.93 Å². The molecule has 1 aromatic carbocycles. The number of thiazole rings is 1. The van der Waals surface area contributed by atoms with Gasteiger partial charge in [-0.25, -0.2) is 4.98 Å². The van der Waals surface area contributed by atoms with Crippen LogP contribution in [0, 0.1) is 10.1 Å². The minimum atomic E-state index is -0.391. The van der Waals surface area contributed by atoms with Crippen LogP contribution in [0.25, 0.3) is 0 Å². The molecule has 18 heavy (non-hydrogen) atoms. The van der Waals surface area contributed by atoms with Gasteiger partial charge < -0.3 is 5.32 Å². The molecule has 0 amide bonds. The van der Waals surface area contributed by atoms with Crippen molar-refractivity contribution in [2.75, 3.05) is 11.9 Å². The summed E-state index contributed by atoms with van der Waals surface area (Å²) in [6.45, 7) is 0.616. The van der Waals surface area contributed by atoms with Gasteiger partial charge in [0.2, 0.25) is 0 Å². The number of nitrogens with one attached hydrogen (secondary N) is 1. The van der Waals surface area contributed by atoms with Crippen molar-refractivity contribution < 1.29 is 4.92 Å². The van der Waals surface area contributed by atoms with Gasteiger partial charge in [0.1, 0.15) is 5.69 Å². The molecule has 0 aliphatic heterocycles. The third kappa shape index (κ3) is 3.27. The summed E-state index contributed by atoms with van der Waals surface area (Å²) < 4.78 is 0.810. The third-order valence-corrected chi connectivity index (χ3v) is 3.63. The van der Waals surface area contributed by atoms with Crippen LogP contribution in [-0.2, 0) is 6.42 Å². The van der Waals surface area contributed by atoms with Crippen LogP contribution < -0.4 is 5.32 Å². The lowest BCUT2D eigenvalue weighted by molar-refractivity contribution is -0.384. The Morgan fingerprint density at radius 1 is 1.50 bits per heavy atom. The van der Waals surface area contributed by atoms with Crippen LogP contribution in [0.1, 0.15) is 5.01 Å². The van der Waals surface area contributed by atoms with E-state index in [1.54, 1.807) is 29.7 Å². The van der Waals surface area contributed by atoms with Gasteiger partial charge in [-0.2, -0.15) is 0 Å². The maximum atomic E-state index is 10.9. The number of hydrogen-bond acceptors (Lipinski definition) is 5. The minimum Gasteiger partial charge on any atom is -0.379 e. The summed E-state index contributed by atoms with van der Waals surface area (Å²) in [4.78, 5) is 14.6. The van der Waals surface area contributed by atoms with E-state index in [0.29, 0.717) is 12.2 Å². The molecule has 0 bridgehead atoms. The van der Waals surface area contributed by atoms with Gasteiger partial charge in [0, 0.05) is 35.1 Å². The predicted octanol–water partition coefficient (Wildman–Crippen LogP) is 3.47. The molecule has 0 aliphatic carbocycles. The lowest BCUT2D eigenvalue weighted by Crippen LogP contribution is -2.06. The molecule has 1 aromatic heterocycles. The quantitative estimate of drug-likeness (QED) is 0.674. The molecule has 0 radical (unpaired) electrons. The Morgan fingerprint density at radius 2 is 2.33 bits per heavy atom. The van der Waals surface area contributed by atoms with Crippen molar-refractivity contribution in [3.63, 3.8) is 0 Å². The average molecular weight is 328 g/mol. The monoisotopic (exact) mass is 327 g/mol. The number of benzene rings is 1. The molecule has 7 heteroatoms. The Balaban J connectivity index is 2.03. The van der Waals surface area contributed by atoms with E-state index in [0.717, 1.165) is 15.9 Å². The average Bonchev–Trinajstić information content (AvgIpc) is 2.82. The topological polar surface area (TPSA) is 68.1 Å². The first-order valence-corrected chi connectivity index (χ1v) is 6.90. The molecule has 0 atom stereocenters. The van der Waals surface area contributed by atoms with Gasteiger partial charge in [-0.15, -0.1) is 11.3 Å². The fraction of sp³-hybridized carbons (Fsp3) is 0.182. The van der Waals surface area contributed by atoms with E-state index < -0.39 is 4.92 Å². The summed E-state index contributed by atoms with van der Waals surface area (Å²) in [5.41, 5.74) is 0.600. The van der Waals surface area contributed by atoms with Gasteiger partial charge in [-0.3, -0.25) is 10.1 Å². The predicted molar refractivity (Wildman–Crippen MR) is 75.1 cm³/mol. The van der Waals surface area contributed by atoms with Crippen LogP contribution in [-0.4, -0.2) is 16.5 Å². The standard InChI is InChI=1S/C11H10BrN3O2S/c12-8-1-2-10(15(16)17)9(7-8)13-4-3-11-14-5-6-18-11/h1-2,5-7,13H,3-4H2. The van der Waals surface area contributed by atoms with Crippen molar-refractivity contribution in [2.24, 2.45) is 0 Å². The second-order valence-electron chi connectivity index (χ2n) is 3.52. The van der Waals surface area contributed by atoms with E-state index >= 15 is 0 Å². The SMILES string of the molecule is O=[N+]([O-])c1ccc(Br)cc1NCCc1nccs1. The van der Waals surface area contributed by atoms with Gasteiger partial charge in [0.25, 0.3) is 5.69 Å². The van der Waals surface area contributed by atoms with Crippen LogP contribution in [0.2, 0.25) is 0 Å². The molecular weight excluding hydrogens is 318 g/mol. The van der Waals surface area contributed by atoms with E-state index in [1.807, 2.05) is 5.38 Å². The lowest BCUT2D eigenvalue weighted by atomic mass is 10.2. The van der Waals surface area contributed by atoms with Crippen molar-refractivity contribution in [2.45, 2.75) is 6.42 Å². The van der Waals surface area contributed by atoms with Crippen molar-refractivity contribution in [3.8, 4) is 0 Å². The van der Waals surface area contributed by atoms with Crippen LogP contribution in [0.3, 0.4) is 0 Å². The number of hydrogen-bond donors (Lipinski definition) is 1. The summed E-state index contributed by atoms with van der Waals surface area (Å²) in [5.74, 6) is 0. The zero-order valence-electron chi connectivity index (χ0n) is 9.30. The number of nitrogens with zero attached hydrogens (tertiary/aromatic N) is 2. The molecule has 2 rings (SSSR count). The first-order valence-electron chi connectivity index (χ1n) is 5.23. The highest BCUT2D eigenvalue weighted by Crippen LogP contribution is 2.27. The van der Waals surface area contributed by atoms with Crippen molar-refractivity contribution >= 4 is 38.6 Å². The Morgan fingerprint density at radius 3 is 3.00 bits per heavy atom. The zero-order chi connectivity index (χ0) is 13.0. The van der Waals surface area contributed by atoms with Crippen LogP contribution in [0.4, 0.5) is 11.4 Å². The van der Waals surface area contributed by atoms with Gasteiger partial charge in [-0.05, 0) is 12.1 Å². The first kappa shape index (κ1) is 13.0. The summed E-state index contributed by atoms with van der Waals surface area (Å²) in [6, 6.07) is 4.85. The molecule has 0 unspecified atom stereocenters. The molecule has 0 saturated carbocycles. The molecule has 94 valence electrons. The van der Waals surface area contributed by atoms with E-state index in [-0.39, 0.29) is 5.69 Å². The number of aromatic nitrogens is 1. The third-order valence-electron chi connectivity index (χ3n) is 2.29. The van der Waals surface area contributed by atoms with E-state index in [9.17, 15) is 10.1 Å². The highest BCUT2D eigenvalue weighted by Gasteiger charge is 2.13. The second-order valence-corrected chi connectivity index (χ2v) is 5.42. The molecule has 0 spiro atoms. The maximum absolute atomic E-state index is 10.9. The van der Waals surface area contributed by atoms with E-state index in [1.165, 1.54) is 6.07 Å². The van der Waals surface area contributed by atoms with E-state index in [2.05, 4.69) is 26.2 Å². The molecule has 5 nitrogen and oxygen atoms in total. The number of nitro benzene ring substituents is 1. The lowest BCUT2D eigenvalue weighted by Gasteiger charge is -2.06. The Hall–Kier alpha value is -1.47. The van der Waals surface area contributed by atoms with Crippen LogP contribution in [0.5, 0.6) is 0 Å². The molecule has 2 aromatic rings. The molecule has 1 heterocycles. The van der Waals surface area contributed by atoms with Crippen LogP contribution in [0.15, 0.2) is 34.2 Å². The Kier molecular flexibility index (Phi) is 4.27. The first-order chi connectivity index (χ1) is 8.66. The van der Waals surface area contributed by atoms with E-state index in [4.69, 9.17) is 0 Å². The molecule has 0 saturated heterocycles. The summed E-state index contributed by atoms with van der Waals surface area (Å²) in [7, 11) is 0. The normalized spacial score (nSPS) is 10.3.